The quantitative estimate of drug-likeness (QED) is 0.534. The average molecular weight is 460 g/mol. The maximum absolute atomic E-state index is 14.0. The molecule has 3 rings (SSSR count). The monoisotopic (exact) mass is 459 g/mol. The Bertz CT molecular complexity index is 935. The SMILES string of the molecule is O=C(O)/C=C/c1cccc(NC(=O)C2(Cc3ccc(Br)c(F)c3)CCCCC2)c1. The predicted octanol–water partition coefficient (Wildman–Crippen LogP) is 5.82. The number of amides is 1. The Labute approximate surface area is 178 Å². The maximum Gasteiger partial charge on any atom is 0.328 e. The van der Waals surface area contributed by atoms with Crippen LogP contribution in [0.3, 0.4) is 0 Å². The van der Waals surface area contributed by atoms with E-state index in [0.29, 0.717) is 22.1 Å². The summed E-state index contributed by atoms with van der Waals surface area (Å²) in [5.41, 5.74) is 1.54. The number of benzene rings is 2. The molecule has 0 bridgehead atoms. The highest BCUT2D eigenvalue weighted by Gasteiger charge is 2.39. The van der Waals surface area contributed by atoms with Crippen molar-refractivity contribution in [2.75, 3.05) is 5.32 Å². The largest absolute Gasteiger partial charge is 0.478 e. The van der Waals surface area contributed by atoms with Crippen LogP contribution in [0.25, 0.3) is 6.08 Å². The molecular formula is C23H23BrFNO3. The van der Waals surface area contributed by atoms with Crippen LogP contribution in [0.15, 0.2) is 53.0 Å². The summed E-state index contributed by atoms with van der Waals surface area (Å²) >= 11 is 3.17. The van der Waals surface area contributed by atoms with Crippen LogP contribution in [0.4, 0.5) is 10.1 Å². The molecule has 0 aromatic heterocycles. The molecule has 1 saturated carbocycles. The summed E-state index contributed by atoms with van der Waals surface area (Å²) < 4.78 is 14.4. The fraction of sp³-hybridized carbons (Fsp3) is 0.304. The lowest BCUT2D eigenvalue weighted by atomic mass is 9.69. The molecule has 2 aromatic carbocycles. The molecule has 0 radical (unpaired) electrons. The molecule has 0 atom stereocenters. The zero-order valence-electron chi connectivity index (χ0n) is 16.0. The molecule has 2 aromatic rings. The first kappa shape index (κ1) is 21.2. The Kier molecular flexibility index (Phi) is 6.85. The van der Waals surface area contributed by atoms with Crippen LogP contribution in [0, 0.1) is 11.2 Å². The first-order valence-corrected chi connectivity index (χ1v) is 10.4. The number of nitrogens with one attached hydrogen (secondary N) is 1. The third kappa shape index (κ3) is 5.54. The van der Waals surface area contributed by atoms with Crippen molar-refractivity contribution in [2.45, 2.75) is 38.5 Å². The Morgan fingerprint density at radius 3 is 2.59 bits per heavy atom. The van der Waals surface area contributed by atoms with Crippen molar-refractivity contribution in [3.8, 4) is 0 Å². The molecule has 0 aliphatic heterocycles. The van der Waals surface area contributed by atoms with E-state index in [1.807, 2.05) is 6.07 Å². The smallest absolute Gasteiger partial charge is 0.328 e. The second-order valence-corrected chi connectivity index (χ2v) is 8.37. The molecule has 152 valence electrons. The molecule has 6 heteroatoms. The van der Waals surface area contributed by atoms with Gasteiger partial charge >= 0.3 is 5.97 Å². The van der Waals surface area contributed by atoms with E-state index in [2.05, 4.69) is 21.2 Å². The van der Waals surface area contributed by atoms with Gasteiger partial charge in [0.05, 0.1) is 9.89 Å². The van der Waals surface area contributed by atoms with Crippen LogP contribution in [-0.2, 0) is 16.0 Å². The highest BCUT2D eigenvalue weighted by atomic mass is 79.9. The second kappa shape index (κ2) is 9.35. The maximum atomic E-state index is 14.0. The molecule has 4 nitrogen and oxygen atoms in total. The van der Waals surface area contributed by atoms with Crippen molar-refractivity contribution in [1.82, 2.24) is 0 Å². The number of carboxylic acids is 1. The predicted molar refractivity (Wildman–Crippen MR) is 115 cm³/mol. The molecule has 0 saturated heterocycles. The van der Waals surface area contributed by atoms with E-state index in [0.717, 1.165) is 43.7 Å². The van der Waals surface area contributed by atoms with Crippen molar-refractivity contribution in [1.29, 1.82) is 0 Å². The van der Waals surface area contributed by atoms with Gasteiger partial charge in [0.15, 0.2) is 0 Å². The molecule has 2 N–H and O–H groups in total. The summed E-state index contributed by atoms with van der Waals surface area (Å²) in [6.45, 7) is 0. The topological polar surface area (TPSA) is 66.4 Å². The van der Waals surface area contributed by atoms with Crippen LogP contribution in [-0.4, -0.2) is 17.0 Å². The molecule has 0 spiro atoms. The summed E-state index contributed by atoms with van der Waals surface area (Å²) in [6, 6.07) is 12.1. The molecule has 0 heterocycles. The second-order valence-electron chi connectivity index (χ2n) is 7.52. The van der Waals surface area contributed by atoms with Crippen LogP contribution in [0.5, 0.6) is 0 Å². The first-order valence-electron chi connectivity index (χ1n) is 9.64. The van der Waals surface area contributed by atoms with Gasteiger partial charge in [-0.05, 0) is 76.7 Å². The van der Waals surface area contributed by atoms with E-state index in [9.17, 15) is 14.0 Å². The van der Waals surface area contributed by atoms with Crippen LogP contribution in [0.1, 0.15) is 43.2 Å². The number of anilines is 1. The van der Waals surface area contributed by atoms with E-state index in [1.54, 1.807) is 30.3 Å². The summed E-state index contributed by atoms with van der Waals surface area (Å²) in [6.07, 6.45) is 7.58. The van der Waals surface area contributed by atoms with Gasteiger partial charge in [-0.15, -0.1) is 0 Å². The van der Waals surface area contributed by atoms with Gasteiger partial charge in [-0.2, -0.15) is 0 Å². The fourth-order valence-corrected chi connectivity index (χ4v) is 4.15. The molecule has 1 aliphatic rings. The molecule has 0 unspecified atom stereocenters. The number of rotatable bonds is 6. The Morgan fingerprint density at radius 1 is 1.14 bits per heavy atom. The summed E-state index contributed by atoms with van der Waals surface area (Å²) in [4.78, 5) is 24.0. The van der Waals surface area contributed by atoms with E-state index in [1.165, 1.54) is 12.1 Å². The lowest BCUT2D eigenvalue weighted by Crippen LogP contribution is -2.40. The zero-order chi connectivity index (χ0) is 20.9. The van der Waals surface area contributed by atoms with Gasteiger partial charge in [0, 0.05) is 11.8 Å². The molecule has 1 aliphatic carbocycles. The van der Waals surface area contributed by atoms with E-state index in [-0.39, 0.29) is 11.7 Å². The van der Waals surface area contributed by atoms with Crippen molar-refractivity contribution >= 4 is 39.6 Å². The number of carbonyl (C=O) groups is 2. The number of hydrogen-bond donors (Lipinski definition) is 2. The van der Waals surface area contributed by atoms with Gasteiger partial charge in [0.25, 0.3) is 0 Å². The number of carboxylic acid groups (broad SMARTS) is 1. The van der Waals surface area contributed by atoms with Gasteiger partial charge in [0.2, 0.25) is 5.91 Å². The summed E-state index contributed by atoms with van der Waals surface area (Å²) in [7, 11) is 0. The van der Waals surface area contributed by atoms with Gasteiger partial charge in [-0.25, -0.2) is 9.18 Å². The zero-order valence-corrected chi connectivity index (χ0v) is 17.5. The number of aliphatic carboxylic acids is 1. The number of carbonyl (C=O) groups excluding carboxylic acids is 1. The third-order valence-corrected chi connectivity index (χ3v) is 6.02. The standard InChI is InChI=1S/C23H23BrFNO3/c24-19-9-7-17(14-20(19)25)15-23(11-2-1-3-12-23)22(29)26-18-6-4-5-16(13-18)8-10-21(27)28/h4-10,13-14H,1-3,11-12,15H2,(H,26,29)(H,27,28)/b10-8+. The average Bonchev–Trinajstić information content (AvgIpc) is 2.70. The van der Waals surface area contributed by atoms with Gasteiger partial charge in [-0.3, -0.25) is 4.79 Å². The number of hydrogen-bond acceptors (Lipinski definition) is 2. The molecule has 1 fully saturated rings. The summed E-state index contributed by atoms with van der Waals surface area (Å²) in [5, 5.41) is 11.8. The molecular weight excluding hydrogens is 437 g/mol. The van der Waals surface area contributed by atoms with Crippen molar-refractivity contribution < 1.29 is 19.1 Å². The van der Waals surface area contributed by atoms with Crippen molar-refractivity contribution in [3.05, 3.63) is 70.0 Å². The van der Waals surface area contributed by atoms with Gasteiger partial charge in [-0.1, -0.05) is 37.5 Å². The normalized spacial score (nSPS) is 15.9. The van der Waals surface area contributed by atoms with E-state index >= 15 is 0 Å². The van der Waals surface area contributed by atoms with Crippen molar-refractivity contribution in [3.63, 3.8) is 0 Å². The lowest BCUT2D eigenvalue weighted by molar-refractivity contribution is -0.131. The third-order valence-electron chi connectivity index (χ3n) is 5.38. The first-order chi connectivity index (χ1) is 13.9. The van der Waals surface area contributed by atoms with Crippen LogP contribution in [0.2, 0.25) is 0 Å². The van der Waals surface area contributed by atoms with Crippen LogP contribution >= 0.6 is 15.9 Å². The Morgan fingerprint density at radius 2 is 1.90 bits per heavy atom. The van der Waals surface area contributed by atoms with E-state index in [4.69, 9.17) is 5.11 Å². The fourth-order valence-electron chi connectivity index (χ4n) is 3.90. The highest BCUT2D eigenvalue weighted by molar-refractivity contribution is 9.10. The van der Waals surface area contributed by atoms with Gasteiger partial charge in [0.1, 0.15) is 5.82 Å². The molecule has 1 amide bonds. The minimum Gasteiger partial charge on any atom is -0.478 e. The summed E-state index contributed by atoms with van der Waals surface area (Å²) in [5.74, 6) is -1.42. The number of halogens is 2. The van der Waals surface area contributed by atoms with Crippen LogP contribution < -0.4 is 5.32 Å². The minimum absolute atomic E-state index is 0.0695. The molecule has 29 heavy (non-hydrogen) atoms. The highest BCUT2D eigenvalue weighted by Crippen LogP contribution is 2.40. The Balaban J connectivity index is 1.81. The Hall–Kier alpha value is -2.47. The van der Waals surface area contributed by atoms with Gasteiger partial charge < -0.3 is 10.4 Å². The minimum atomic E-state index is -1.03. The lowest BCUT2D eigenvalue weighted by Gasteiger charge is -2.36. The van der Waals surface area contributed by atoms with Crippen molar-refractivity contribution in [2.24, 2.45) is 5.41 Å². The van der Waals surface area contributed by atoms with E-state index < -0.39 is 11.4 Å².